The van der Waals surface area contributed by atoms with Gasteiger partial charge in [0.05, 0.1) is 0 Å². The third-order valence-electron chi connectivity index (χ3n) is 3.69. The lowest BCUT2D eigenvalue weighted by Gasteiger charge is -2.41. The molecule has 2 rings (SSSR count). The van der Waals surface area contributed by atoms with E-state index in [4.69, 9.17) is 0 Å². The molecule has 1 aliphatic rings. The van der Waals surface area contributed by atoms with Crippen molar-refractivity contribution in [2.75, 3.05) is 0 Å². The van der Waals surface area contributed by atoms with Gasteiger partial charge in [0.15, 0.2) is 0 Å². The van der Waals surface area contributed by atoms with Crippen molar-refractivity contribution in [1.29, 1.82) is 0 Å². The Hall–Kier alpha value is -1.11. The highest BCUT2D eigenvalue weighted by atomic mass is 16.1. The third-order valence-corrected chi connectivity index (χ3v) is 3.69. The SMILES string of the molecule is CCC1C(=O)C(C)C1c1ccc(C)cc1. The van der Waals surface area contributed by atoms with Crippen molar-refractivity contribution in [3.05, 3.63) is 35.4 Å². The number of carbonyl (C=O) groups excluding carboxylic acids is 1. The van der Waals surface area contributed by atoms with Crippen LogP contribution in [0.1, 0.15) is 37.3 Å². The summed E-state index contributed by atoms with van der Waals surface area (Å²) in [6.07, 6.45) is 0.974. The fourth-order valence-corrected chi connectivity index (χ4v) is 2.69. The molecule has 80 valence electrons. The number of hydrogen-bond acceptors (Lipinski definition) is 1. The van der Waals surface area contributed by atoms with Crippen LogP contribution in [0.4, 0.5) is 0 Å². The molecule has 0 N–H and O–H groups in total. The highest BCUT2D eigenvalue weighted by molar-refractivity contribution is 5.91. The Labute approximate surface area is 91.5 Å². The first-order valence-electron chi connectivity index (χ1n) is 5.75. The summed E-state index contributed by atoms with van der Waals surface area (Å²) >= 11 is 0. The number of carbonyl (C=O) groups is 1. The standard InChI is InChI=1S/C14H18O/c1-4-12-13(10(3)14(12)15)11-7-5-9(2)6-8-11/h5-8,10,12-13H,4H2,1-3H3. The highest BCUT2D eigenvalue weighted by Gasteiger charge is 2.45. The lowest BCUT2D eigenvalue weighted by atomic mass is 9.60. The Bertz CT molecular complexity index is 363. The average Bonchev–Trinajstić information content (AvgIpc) is 2.26. The van der Waals surface area contributed by atoms with Crippen LogP contribution in [0.3, 0.4) is 0 Å². The van der Waals surface area contributed by atoms with E-state index in [-0.39, 0.29) is 11.8 Å². The maximum absolute atomic E-state index is 11.6. The molecule has 1 aliphatic carbocycles. The molecule has 1 heteroatoms. The molecule has 0 bridgehead atoms. The monoisotopic (exact) mass is 202 g/mol. The summed E-state index contributed by atoms with van der Waals surface area (Å²) < 4.78 is 0. The van der Waals surface area contributed by atoms with Gasteiger partial charge in [-0.2, -0.15) is 0 Å². The zero-order valence-corrected chi connectivity index (χ0v) is 9.66. The Kier molecular flexibility index (Phi) is 2.64. The molecule has 0 saturated heterocycles. The molecule has 0 spiro atoms. The van der Waals surface area contributed by atoms with Crippen LogP contribution in [0.2, 0.25) is 0 Å². The number of hydrogen-bond donors (Lipinski definition) is 0. The van der Waals surface area contributed by atoms with Gasteiger partial charge in [-0.1, -0.05) is 43.7 Å². The van der Waals surface area contributed by atoms with E-state index >= 15 is 0 Å². The predicted octanol–water partition coefficient (Wildman–Crippen LogP) is 3.32. The second-order valence-electron chi connectivity index (χ2n) is 4.64. The lowest BCUT2D eigenvalue weighted by molar-refractivity contribution is -0.137. The topological polar surface area (TPSA) is 17.1 Å². The molecule has 1 fully saturated rings. The molecule has 1 saturated carbocycles. The molecule has 1 aromatic carbocycles. The minimum atomic E-state index is 0.220. The van der Waals surface area contributed by atoms with E-state index in [1.165, 1.54) is 11.1 Å². The minimum Gasteiger partial charge on any atom is -0.299 e. The van der Waals surface area contributed by atoms with Gasteiger partial charge >= 0.3 is 0 Å². The summed E-state index contributed by atoms with van der Waals surface area (Å²) in [6.45, 7) is 6.26. The molecular formula is C14H18O. The Morgan fingerprint density at radius 3 is 2.33 bits per heavy atom. The van der Waals surface area contributed by atoms with Crippen molar-refractivity contribution < 1.29 is 4.79 Å². The molecule has 0 aromatic heterocycles. The number of rotatable bonds is 2. The summed E-state index contributed by atoms with van der Waals surface area (Å²) in [5.41, 5.74) is 2.62. The molecule has 3 unspecified atom stereocenters. The van der Waals surface area contributed by atoms with E-state index in [2.05, 4.69) is 45.0 Å². The minimum absolute atomic E-state index is 0.220. The molecule has 0 amide bonds. The first-order chi connectivity index (χ1) is 7.15. The average molecular weight is 202 g/mol. The van der Waals surface area contributed by atoms with Crippen molar-refractivity contribution in [3.8, 4) is 0 Å². The number of benzene rings is 1. The van der Waals surface area contributed by atoms with Crippen LogP contribution in [0.5, 0.6) is 0 Å². The van der Waals surface area contributed by atoms with E-state index in [1.54, 1.807) is 0 Å². The first kappa shape index (κ1) is 10.4. The molecule has 15 heavy (non-hydrogen) atoms. The van der Waals surface area contributed by atoms with E-state index in [0.29, 0.717) is 11.7 Å². The summed E-state index contributed by atoms with van der Waals surface area (Å²) in [5.74, 6) is 1.39. The van der Waals surface area contributed by atoms with Crippen molar-refractivity contribution in [1.82, 2.24) is 0 Å². The van der Waals surface area contributed by atoms with E-state index in [9.17, 15) is 4.79 Å². The van der Waals surface area contributed by atoms with Crippen LogP contribution in [0.15, 0.2) is 24.3 Å². The molecule has 3 atom stereocenters. The van der Waals surface area contributed by atoms with Crippen molar-refractivity contribution in [2.24, 2.45) is 11.8 Å². The maximum atomic E-state index is 11.6. The van der Waals surface area contributed by atoms with Gasteiger partial charge in [0.25, 0.3) is 0 Å². The van der Waals surface area contributed by atoms with Gasteiger partial charge in [-0.05, 0) is 18.9 Å². The molecule has 1 aromatic rings. The maximum Gasteiger partial charge on any atom is 0.140 e. The Morgan fingerprint density at radius 2 is 1.80 bits per heavy atom. The van der Waals surface area contributed by atoms with E-state index in [1.807, 2.05) is 0 Å². The van der Waals surface area contributed by atoms with Crippen LogP contribution in [-0.2, 0) is 4.79 Å². The second kappa shape index (κ2) is 3.80. The molecule has 0 radical (unpaired) electrons. The molecule has 0 heterocycles. The van der Waals surface area contributed by atoms with Crippen LogP contribution in [0, 0.1) is 18.8 Å². The van der Waals surface area contributed by atoms with Gasteiger partial charge in [-0.25, -0.2) is 0 Å². The Morgan fingerprint density at radius 1 is 1.20 bits per heavy atom. The lowest BCUT2D eigenvalue weighted by Crippen LogP contribution is -2.43. The van der Waals surface area contributed by atoms with Gasteiger partial charge in [0, 0.05) is 17.8 Å². The van der Waals surface area contributed by atoms with Gasteiger partial charge in [-0.3, -0.25) is 4.79 Å². The number of aryl methyl sites for hydroxylation is 1. The quantitative estimate of drug-likeness (QED) is 0.719. The third kappa shape index (κ3) is 1.60. The van der Waals surface area contributed by atoms with Gasteiger partial charge < -0.3 is 0 Å². The normalized spacial score (nSPS) is 30.1. The number of ketones is 1. The van der Waals surface area contributed by atoms with E-state index < -0.39 is 0 Å². The summed E-state index contributed by atoms with van der Waals surface area (Å²) in [6, 6.07) is 8.62. The highest BCUT2D eigenvalue weighted by Crippen LogP contribution is 2.45. The zero-order valence-electron chi connectivity index (χ0n) is 9.66. The smallest absolute Gasteiger partial charge is 0.140 e. The fraction of sp³-hybridized carbons (Fsp3) is 0.500. The summed E-state index contributed by atoms with van der Waals surface area (Å²) in [5, 5.41) is 0. The van der Waals surface area contributed by atoms with Crippen LogP contribution in [-0.4, -0.2) is 5.78 Å². The van der Waals surface area contributed by atoms with Crippen LogP contribution in [0.25, 0.3) is 0 Å². The van der Waals surface area contributed by atoms with Gasteiger partial charge in [0.1, 0.15) is 5.78 Å². The van der Waals surface area contributed by atoms with Crippen LogP contribution < -0.4 is 0 Å². The largest absolute Gasteiger partial charge is 0.299 e. The molecule has 0 aliphatic heterocycles. The Balaban J connectivity index is 2.24. The molecular weight excluding hydrogens is 184 g/mol. The summed E-state index contributed by atoms with van der Waals surface area (Å²) in [4.78, 5) is 11.6. The second-order valence-corrected chi connectivity index (χ2v) is 4.64. The zero-order chi connectivity index (χ0) is 11.0. The van der Waals surface area contributed by atoms with Crippen molar-refractivity contribution in [3.63, 3.8) is 0 Å². The van der Waals surface area contributed by atoms with Crippen LogP contribution >= 0.6 is 0 Å². The summed E-state index contributed by atoms with van der Waals surface area (Å²) in [7, 11) is 0. The van der Waals surface area contributed by atoms with Crippen molar-refractivity contribution in [2.45, 2.75) is 33.1 Å². The molecule has 1 nitrogen and oxygen atoms in total. The number of Topliss-reactive ketones (excluding diaryl/α,β-unsaturated/α-hetero) is 1. The predicted molar refractivity (Wildman–Crippen MR) is 61.9 cm³/mol. The van der Waals surface area contributed by atoms with Gasteiger partial charge in [-0.15, -0.1) is 0 Å². The fourth-order valence-electron chi connectivity index (χ4n) is 2.69. The van der Waals surface area contributed by atoms with Crippen molar-refractivity contribution >= 4 is 5.78 Å². The van der Waals surface area contributed by atoms with E-state index in [0.717, 1.165) is 6.42 Å². The van der Waals surface area contributed by atoms with Gasteiger partial charge in [0.2, 0.25) is 0 Å². The first-order valence-corrected chi connectivity index (χ1v) is 5.75.